The van der Waals surface area contributed by atoms with Crippen molar-refractivity contribution in [2.45, 2.75) is 25.4 Å². The molecular weight excluding hydrogens is 442 g/mol. The average Bonchev–Trinajstić information content (AvgIpc) is 3.29. The molecule has 1 aliphatic heterocycles. The zero-order chi connectivity index (χ0) is 20.4. The van der Waals surface area contributed by atoms with Gasteiger partial charge in [0.2, 0.25) is 11.8 Å². The van der Waals surface area contributed by atoms with E-state index in [1.165, 1.54) is 6.08 Å². The summed E-state index contributed by atoms with van der Waals surface area (Å²) >= 11 is 3.17. The summed E-state index contributed by atoms with van der Waals surface area (Å²) in [5.41, 5.74) is 1.52. The Bertz CT molecular complexity index is 1090. The number of carbonyl (C=O) groups excluding carboxylic acids is 4. The molecule has 7 nitrogen and oxygen atoms in total. The smallest absolute Gasteiger partial charge is 0.231 e. The fraction of sp³-hybridized carbons (Fsp3) is 0.333. The van der Waals surface area contributed by atoms with E-state index in [-0.39, 0.29) is 46.8 Å². The number of nitrogens with one attached hydrogen (secondary N) is 1. The normalized spacial score (nSPS) is 31.1. The van der Waals surface area contributed by atoms with Crippen LogP contribution in [0.4, 0.5) is 0 Å². The van der Waals surface area contributed by atoms with Crippen LogP contribution in [0.1, 0.15) is 30.3 Å². The number of hydrogen-bond donors (Lipinski definition) is 2. The predicted octanol–water partition coefficient (Wildman–Crippen LogP) is 1.82. The van der Waals surface area contributed by atoms with Crippen molar-refractivity contribution in [2.24, 2.45) is 17.8 Å². The first-order valence-electron chi connectivity index (χ1n) is 9.34. The zero-order valence-electron chi connectivity index (χ0n) is 15.1. The van der Waals surface area contributed by atoms with Gasteiger partial charge in [0.1, 0.15) is 18.1 Å². The molecule has 0 saturated carbocycles. The second-order valence-corrected chi connectivity index (χ2v) is 8.56. The maximum absolute atomic E-state index is 12.9. The van der Waals surface area contributed by atoms with Crippen molar-refractivity contribution in [3.05, 3.63) is 57.0 Å². The molecule has 2 heterocycles. The van der Waals surface area contributed by atoms with Crippen LogP contribution in [0.15, 0.2) is 49.9 Å². The highest BCUT2D eigenvalue weighted by Crippen LogP contribution is 2.54. The number of ketones is 2. The lowest BCUT2D eigenvalue weighted by atomic mass is 9.60. The quantitative estimate of drug-likeness (QED) is 0.397. The summed E-state index contributed by atoms with van der Waals surface area (Å²) in [5, 5.41) is 11.8. The largest absolute Gasteiger partial charge is 0.463 e. The number of hydrogen-bond acceptors (Lipinski definition) is 6. The number of allylic oxidation sites excluding steroid dienone is 6. The number of aliphatic hydroxyl groups is 1. The van der Waals surface area contributed by atoms with Gasteiger partial charge in [-0.2, -0.15) is 0 Å². The highest BCUT2D eigenvalue weighted by Gasteiger charge is 2.54. The Hall–Kier alpha value is -2.58. The van der Waals surface area contributed by atoms with E-state index in [1.807, 2.05) is 6.08 Å². The molecule has 2 N–H and O–H groups in total. The van der Waals surface area contributed by atoms with E-state index in [0.717, 1.165) is 5.57 Å². The maximum atomic E-state index is 12.9. The lowest BCUT2D eigenvalue weighted by molar-refractivity contribution is -0.126. The minimum absolute atomic E-state index is 0.183. The van der Waals surface area contributed by atoms with Crippen LogP contribution in [0.25, 0.3) is 0 Å². The molecule has 5 rings (SSSR count). The summed E-state index contributed by atoms with van der Waals surface area (Å²) < 4.78 is 5.93. The molecule has 2 amide bonds. The lowest BCUT2D eigenvalue weighted by Gasteiger charge is -2.41. The standard InChI is InChI=1S/C21H16BrNO6/c22-13-6-14(25)17-12(19(13)26)5-11-9(18(17)15-4-1-8(7-24)29-15)2-3-10-16(11)21(28)23-20(10)27/h1-2,4,6,10-11,16,18,24H,3,5,7H2,(H,23,27,28). The molecule has 1 saturated heterocycles. The van der Waals surface area contributed by atoms with Crippen molar-refractivity contribution in [1.29, 1.82) is 0 Å². The fourth-order valence-corrected chi connectivity index (χ4v) is 5.53. The Morgan fingerprint density at radius 3 is 2.66 bits per heavy atom. The molecule has 1 aromatic rings. The van der Waals surface area contributed by atoms with Crippen LogP contribution in [-0.2, 0) is 25.8 Å². The highest BCUT2D eigenvalue weighted by molar-refractivity contribution is 9.12. The second-order valence-electron chi connectivity index (χ2n) is 7.71. The average molecular weight is 458 g/mol. The molecule has 4 aliphatic rings. The number of Topliss-reactive ketones (excluding diaryl/α,β-unsaturated/α-hetero) is 1. The van der Waals surface area contributed by atoms with E-state index in [0.29, 0.717) is 29.1 Å². The molecule has 0 aromatic carbocycles. The van der Waals surface area contributed by atoms with E-state index in [2.05, 4.69) is 21.2 Å². The second kappa shape index (κ2) is 6.47. The van der Waals surface area contributed by atoms with Crippen LogP contribution in [0.5, 0.6) is 0 Å². The van der Waals surface area contributed by atoms with Crippen LogP contribution in [0.3, 0.4) is 0 Å². The molecule has 1 aromatic heterocycles. The third-order valence-corrected chi connectivity index (χ3v) is 6.89. The molecule has 0 bridgehead atoms. The minimum Gasteiger partial charge on any atom is -0.463 e. The summed E-state index contributed by atoms with van der Waals surface area (Å²) in [6.07, 6.45) is 3.79. The van der Waals surface area contributed by atoms with Gasteiger partial charge in [0.25, 0.3) is 0 Å². The summed E-state index contributed by atoms with van der Waals surface area (Å²) in [4.78, 5) is 50.5. The Morgan fingerprint density at radius 1 is 1.14 bits per heavy atom. The number of aliphatic hydroxyl groups excluding tert-OH is 1. The third-order valence-electron chi connectivity index (χ3n) is 6.30. The number of fused-ring (bicyclic) bond motifs is 3. The van der Waals surface area contributed by atoms with Gasteiger partial charge in [0.05, 0.1) is 22.2 Å². The van der Waals surface area contributed by atoms with Gasteiger partial charge in [-0.15, -0.1) is 0 Å². The number of imide groups is 1. The monoisotopic (exact) mass is 457 g/mol. The van der Waals surface area contributed by atoms with Gasteiger partial charge in [0, 0.05) is 17.2 Å². The minimum atomic E-state index is -0.623. The van der Waals surface area contributed by atoms with Crippen molar-refractivity contribution in [3.8, 4) is 0 Å². The molecule has 4 atom stereocenters. The van der Waals surface area contributed by atoms with E-state index in [4.69, 9.17) is 4.42 Å². The van der Waals surface area contributed by atoms with Gasteiger partial charge < -0.3 is 9.52 Å². The molecule has 29 heavy (non-hydrogen) atoms. The van der Waals surface area contributed by atoms with Crippen molar-refractivity contribution in [1.82, 2.24) is 5.32 Å². The number of rotatable bonds is 2. The molecule has 0 spiro atoms. The molecule has 0 radical (unpaired) electrons. The topological polar surface area (TPSA) is 114 Å². The van der Waals surface area contributed by atoms with E-state index < -0.39 is 17.8 Å². The van der Waals surface area contributed by atoms with Crippen LogP contribution in [0.2, 0.25) is 0 Å². The third kappa shape index (κ3) is 2.59. The van der Waals surface area contributed by atoms with Gasteiger partial charge in [-0.05, 0) is 46.8 Å². The summed E-state index contributed by atoms with van der Waals surface area (Å²) in [7, 11) is 0. The molecule has 3 aliphatic carbocycles. The molecule has 148 valence electrons. The number of halogens is 1. The number of furan rings is 1. The molecule has 4 unspecified atom stereocenters. The first kappa shape index (κ1) is 18.4. The van der Waals surface area contributed by atoms with Crippen LogP contribution in [-0.4, -0.2) is 28.5 Å². The zero-order valence-corrected chi connectivity index (χ0v) is 16.7. The lowest BCUT2D eigenvalue weighted by Crippen LogP contribution is -2.39. The van der Waals surface area contributed by atoms with E-state index in [1.54, 1.807) is 12.1 Å². The first-order chi connectivity index (χ1) is 13.9. The molecule has 1 fully saturated rings. The summed E-state index contributed by atoms with van der Waals surface area (Å²) in [6.45, 7) is -0.291. The fourth-order valence-electron chi connectivity index (χ4n) is 5.08. The molecular formula is C21H16BrNO6. The van der Waals surface area contributed by atoms with Crippen molar-refractivity contribution in [2.75, 3.05) is 0 Å². The SMILES string of the molecule is O=C1C=C(Br)C(=O)C2=C1C(c1ccc(CO)o1)C1=CCC3C(=O)NC(=O)C3C1C2. The Balaban J connectivity index is 1.70. The van der Waals surface area contributed by atoms with E-state index >= 15 is 0 Å². The molecule has 8 heteroatoms. The van der Waals surface area contributed by atoms with Crippen molar-refractivity contribution in [3.63, 3.8) is 0 Å². The summed E-state index contributed by atoms with van der Waals surface area (Å²) in [5.74, 6) is -2.44. The Kier molecular flexibility index (Phi) is 4.11. The maximum Gasteiger partial charge on any atom is 0.231 e. The number of carbonyl (C=O) groups is 4. The van der Waals surface area contributed by atoms with Crippen molar-refractivity contribution < 1.29 is 28.7 Å². The highest BCUT2D eigenvalue weighted by atomic mass is 79.9. The Morgan fingerprint density at radius 2 is 1.93 bits per heavy atom. The van der Waals surface area contributed by atoms with Crippen molar-refractivity contribution >= 4 is 39.3 Å². The van der Waals surface area contributed by atoms with Gasteiger partial charge in [-0.3, -0.25) is 24.5 Å². The van der Waals surface area contributed by atoms with Gasteiger partial charge in [-0.1, -0.05) is 11.6 Å². The van der Waals surface area contributed by atoms with E-state index in [9.17, 15) is 24.3 Å². The van der Waals surface area contributed by atoms with Gasteiger partial charge in [-0.25, -0.2) is 0 Å². The van der Waals surface area contributed by atoms with Gasteiger partial charge >= 0.3 is 0 Å². The van der Waals surface area contributed by atoms with Gasteiger partial charge in [0.15, 0.2) is 11.6 Å². The van der Waals surface area contributed by atoms with Crippen LogP contribution >= 0.6 is 15.9 Å². The predicted molar refractivity (Wildman–Crippen MR) is 102 cm³/mol. The van der Waals surface area contributed by atoms with Crippen LogP contribution in [0, 0.1) is 17.8 Å². The summed E-state index contributed by atoms with van der Waals surface area (Å²) in [6, 6.07) is 3.30. The number of amides is 2. The Labute approximate surface area is 173 Å². The first-order valence-corrected chi connectivity index (χ1v) is 10.1. The van der Waals surface area contributed by atoms with Crippen LogP contribution < -0.4 is 5.32 Å².